The molecule has 0 amide bonds. The fraction of sp³-hybridized carbons (Fsp3) is 0.412. The van der Waals surface area contributed by atoms with Crippen LogP contribution in [0.2, 0.25) is 0 Å². The Morgan fingerprint density at radius 2 is 1.70 bits per heavy atom. The van der Waals surface area contributed by atoms with E-state index < -0.39 is 0 Å². The molecule has 2 N–H and O–H groups in total. The first-order chi connectivity index (χ1) is 9.92. The minimum Gasteiger partial charge on any atom is -0.383 e. The maximum absolute atomic E-state index is 4.99. The molecular weight excluding hydrogens is 248 g/mol. The molecule has 20 heavy (non-hydrogen) atoms. The Balaban J connectivity index is 1.71. The molecule has 0 atom stereocenters. The normalized spacial score (nSPS) is 11.1. The monoisotopic (exact) mass is 272 g/mol. The number of fused-ring (bicyclic) bond motifs is 1. The van der Waals surface area contributed by atoms with Crippen LogP contribution in [0.5, 0.6) is 0 Å². The number of hydrogen-bond donors (Lipinski definition) is 2. The molecule has 0 fully saturated rings. The average Bonchev–Trinajstić information content (AvgIpc) is 2.50. The van der Waals surface area contributed by atoms with Gasteiger partial charge >= 0.3 is 0 Å². The van der Waals surface area contributed by atoms with Gasteiger partial charge < -0.3 is 15.4 Å². The predicted molar refractivity (Wildman–Crippen MR) is 85.0 cm³/mol. The second-order valence-electron chi connectivity index (χ2n) is 4.91. The molecule has 0 aliphatic rings. The van der Waals surface area contributed by atoms with Gasteiger partial charge in [-0.1, -0.05) is 42.5 Å². The summed E-state index contributed by atoms with van der Waals surface area (Å²) in [5.74, 6) is 0. The number of methoxy groups -OCH3 is 1. The van der Waals surface area contributed by atoms with Crippen molar-refractivity contribution in [3.63, 3.8) is 0 Å². The van der Waals surface area contributed by atoms with E-state index in [9.17, 15) is 0 Å². The van der Waals surface area contributed by atoms with Gasteiger partial charge in [0.2, 0.25) is 0 Å². The number of rotatable bonds is 9. The molecule has 0 aromatic heterocycles. The van der Waals surface area contributed by atoms with Gasteiger partial charge in [-0.3, -0.25) is 0 Å². The summed E-state index contributed by atoms with van der Waals surface area (Å²) in [5.41, 5.74) is 1.37. The SMILES string of the molecule is COCCNCCCNCc1cccc2ccccc12. The number of hydrogen-bond acceptors (Lipinski definition) is 3. The molecule has 0 bridgehead atoms. The van der Waals surface area contributed by atoms with Crippen LogP contribution in [-0.2, 0) is 11.3 Å². The van der Waals surface area contributed by atoms with Crippen molar-refractivity contribution in [2.24, 2.45) is 0 Å². The molecule has 108 valence electrons. The summed E-state index contributed by atoms with van der Waals surface area (Å²) >= 11 is 0. The smallest absolute Gasteiger partial charge is 0.0587 e. The van der Waals surface area contributed by atoms with Crippen LogP contribution in [0, 0.1) is 0 Å². The summed E-state index contributed by atoms with van der Waals surface area (Å²) < 4.78 is 4.99. The molecule has 0 radical (unpaired) electrons. The van der Waals surface area contributed by atoms with Gasteiger partial charge in [0, 0.05) is 20.2 Å². The van der Waals surface area contributed by atoms with Gasteiger partial charge in [0.05, 0.1) is 6.61 Å². The van der Waals surface area contributed by atoms with E-state index in [0.29, 0.717) is 0 Å². The molecule has 0 unspecified atom stereocenters. The molecule has 0 aliphatic heterocycles. The average molecular weight is 272 g/mol. The predicted octanol–water partition coefficient (Wildman–Crippen LogP) is 2.56. The highest BCUT2D eigenvalue weighted by Gasteiger charge is 1.99. The lowest BCUT2D eigenvalue weighted by Crippen LogP contribution is -2.24. The van der Waals surface area contributed by atoms with E-state index in [0.717, 1.165) is 39.2 Å². The van der Waals surface area contributed by atoms with Gasteiger partial charge in [-0.2, -0.15) is 0 Å². The fourth-order valence-corrected chi connectivity index (χ4v) is 2.31. The summed E-state index contributed by atoms with van der Waals surface area (Å²) in [7, 11) is 1.73. The van der Waals surface area contributed by atoms with E-state index in [4.69, 9.17) is 4.74 Å². The van der Waals surface area contributed by atoms with Crippen LogP contribution in [0.15, 0.2) is 42.5 Å². The van der Waals surface area contributed by atoms with E-state index >= 15 is 0 Å². The maximum Gasteiger partial charge on any atom is 0.0587 e. The highest BCUT2D eigenvalue weighted by Crippen LogP contribution is 2.17. The molecule has 2 aromatic rings. The molecular formula is C17H24N2O. The Kier molecular flexibility index (Phi) is 6.51. The number of ether oxygens (including phenoxy) is 1. The van der Waals surface area contributed by atoms with Gasteiger partial charge in [-0.15, -0.1) is 0 Å². The van der Waals surface area contributed by atoms with Crippen molar-refractivity contribution in [2.45, 2.75) is 13.0 Å². The molecule has 0 aliphatic carbocycles. The van der Waals surface area contributed by atoms with Gasteiger partial charge in [0.1, 0.15) is 0 Å². The van der Waals surface area contributed by atoms with Crippen LogP contribution in [0.1, 0.15) is 12.0 Å². The third-order valence-electron chi connectivity index (χ3n) is 3.39. The van der Waals surface area contributed by atoms with Crippen molar-refractivity contribution in [3.8, 4) is 0 Å². The van der Waals surface area contributed by atoms with Crippen LogP contribution in [0.3, 0.4) is 0 Å². The van der Waals surface area contributed by atoms with Crippen molar-refractivity contribution in [1.29, 1.82) is 0 Å². The van der Waals surface area contributed by atoms with E-state index in [1.54, 1.807) is 7.11 Å². The lowest BCUT2D eigenvalue weighted by Gasteiger charge is -2.09. The molecule has 0 heterocycles. The van der Waals surface area contributed by atoms with Gasteiger partial charge in [0.15, 0.2) is 0 Å². The number of benzene rings is 2. The van der Waals surface area contributed by atoms with Crippen molar-refractivity contribution < 1.29 is 4.74 Å². The second kappa shape index (κ2) is 8.69. The standard InChI is InChI=1S/C17H24N2O/c1-20-13-12-18-10-5-11-19-14-16-8-4-7-15-6-2-3-9-17(15)16/h2-4,6-9,18-19H,5,10-14H2,1H3. The van der Waals surface area contributed by atoms with Crippen LogP contribution >= 0.6 is 0 Å². The highest BCUT2D eigenvalue weighted by molar-refractivity contribution is 5.85. The third-order valence-corrected chi connectivity index (χ3v) is 3.39. The Hall–Kier alpha value is -1.42. The molecule has 3 heteroatoms. The van der Waals surface area contributed by atoms with Crippen molar-refractivity contribution in [1.82, 2.24) is 10.6 Å². The van der Waals surface area contributed by atoms with E-state index in [1.165, 1.54) is 16.3 Å². The molecule has 3 nitrogen and oxygen atoms in total. The first kappa shape index (κ1) is 15.0. The summed E-state index contributed by atoms with van der Waals surface area (Å²) in [4.78, 5) is 0. The second-order valence-corrected chi connectivity index (χ2v) is 4.91. The Labute approximate surface area is 121 Å². The van der Waals surface area contributed by atoms with Gasteiger partial charge in [-0.05, 0) is 35.8 Å². The highest BCUT2D eigenvalue weighted by atomic mass is 16.5. The first-order valence-corrected chi connectivity index (χ1v) is 7.29. The van der Waals surface area contributed by atoms with Crippen molar-refractivity contribution in [2.75, 3.05) is 33.4 Å². The molecule has 0 spiro atoms. The lowest BCUT2D eigenvalue weighted by atomic mass is 10.0. The Morgan fingerprint density at radius 1 is 0.900 bits per heavy atom. The quantitative estimate of drug-likeness (QED) is 0.688. The van der Waals surface area contributed by atoms with Gasteiger partial charge in [0.25, 0.3) is 0 Å². The third kappa shape index (κ3) is 4.60. The van der Waals surface area contributed by atoms with E-state index in [-0.39, 0.29) is 0 Å². The van der Waals surface area contributed by atoms with Crippen LogP contribution < -0.4 is 10.6 Å². The molecule has 2 aromatic carbocycles. The zero-order chi connectivity index (χ0) is 14.0. The fourth-order valence-electron chi connectivity index (χ4n) is 2.31. The first-order valence-electron chi connectivity index (χ1n) is 7.29. The molecule has 0 saturated heterocycles. The zero-order valence-corrected chi connectivity index (χ0v) is 12.2. The largest absolute Gasteiger partial charge is 0.383 e. The van der Waals surface area contributed by atoms with Crippen LogP contribution in [0.25, 0.3) is 10.8 Å². The minimum absolute atomic E-state index is 0.781. The van der Waals surface area contributed by atoms with Crippen molar-refractivity contribution in [3.05, 3.63) is 48.0 Å². The van der Waals surface area contributed by atoms with Crippen LogP contribution in [-0.4, -0.2) is 33.4 Å². The van der Waals surface area contributed by atoms with E-state index in [1.807, 2.05) is 0 Å². The van der Waals surface area contributed by atoms with E-state index in [2.05, 4.69) is 53.1 Å². The Morgan fingerprint density at radius 3 is 2.60 bits per heavy atom. The molecule has 0 saturated carbocycles. The Bertz CT molecular complexity index is 508. The summed E-state index contributed by atoms with van der Waals surface area (Å²) in [5, 5.41) is 9.52. The van der Waals surface area contributed by atoms with Crippen LogP contribution in [0.4, 0.5) is 0 Å². The summed E-state index contributed by atoms with van der Waals surface area (Å²) in [6.45, 7) is 4.71. The zero-order valence-electron chi connectivity index (χ0n) is 12.2. The van der Waals surface area contributed by atoms with Crippen molar-refractivity contribution >= 4 is 10.8 Å². The maximum atomic E-state index is 4.99. The minimum atomic E-state index is 0.781. The lowest BCUT2D eigenvalue weighted by molar-refractivity contribution is 0.199. The topological polar surface area (TPSA) is 33.3 Å². The summed E-state index contributed by atoms with van der Waals surface area (Å²) in [6, 6.07) is 15.0. The van der Waals surface area contributed by atoms with Gasteiger partial charge in [-0.25, -0.2) is 0 Å². The summed E-state index contributed by atoms with van der Waals surface area (Å²) in [6.07, 6.45) is 1.13. The molecule has 2 rings (SSSR count). The number of nitrogens with one attached hydrogen (secondary N) is 2.